The zero-order chi connectivity index (χ0) is 17.7. The standard InChI is InChI=1S/C17H28N4O3/c1-16(2,3)24-15(23)19-8-6-17(4,7-9-19)21-12-20-11-18(5)10-13(20)14(21)22/h10H,6-9,11-12H2,1-5H3. The minimum atomic E-state index is -0.480. The fourth-order valence-electron chi connectivity index (χ4n) is 3.54. The first kappa shape index (κ1) is 16.9. The van der Waals surface area contributed by atoms with Crippen molar-refractivity contribution in [3.05, 3.63) is 11.9 Å². The van der Waals surface area contributed by atoms with Gasteiger partial charge in [0.05, 0.1) is 13.3 Å². The van der Waals surface area contributed by atoms with Gasteiger partial charge in [-0.2, -0.15) is 0 Å². The first-order chi connectivity index (χ1) is 11.1. The van der Waals surface area contributed by atoms with Crippen LogP contribution in [0.15, 0.2) is 11.9 Å². The number of nitrogens with zero attached hydrogens (tertiary/aromatic N) is 4. The molecule has 0 saturated carbocycles. The van der Waals surface area contributed by atoms with Gasteiger partial charge in [0.25, 0.3) is 5.91 Å². The van der Waals surface area contributed by atoms with Crippen LogP contribution in [0.2, 0.25) is 0 Å². The van der Waals surface area contributed by atoms with Gasteiger partial charge >= 0.3 is 6.09 Å². The number of piperidine rings is 1. The molecule has 0 bridgehead atoms. The quantitative estimate of drug-likeness (QED) is 0.728. The molecule has 0 aromatic heterocycles. The number of ether oxygens (including phenoxy) is 1. The van der Waals surface area contributed by atoms with Gasteiger partial charge in [-0.15, -0.1) is 0 Å². The third-order valence-electron chi connectivity index (χ3n) is 5.00. The number of hydrogen-bond acceptors (Lipinski definition) is 5. The summed E-state index contributed by atoms with van der Waals surface area (Å²) < 4.78 is 5.45. The lowest BCUT2D eigenvalue weighted by molar-refractivity contribution is -0.131. The summed E-state index contributed by atoms with van der Waals surface area (Å²) in [7, 11) is 1.98. The Morgan fingerprint density at radius 1 is 1.21 bits per heavy atom. The lowest BCUT2D eigenvalue weighted by Crippen LogP contribution is -2.56. The van der Waals surface area contributed by atoms with Crippen LogP contribution in [0.25, 0.3) is 0 Å². The highest BCUT2D eigenvalue weighted by Crippen LogP contribution is 2.36. The van der Waals surface area contributed by atoms with Crippen molar-refractivity contribution in [2.75, 3.05) is 33.5 Å². The summed E-state index contributed by atoms with van der Waals surface area (Å²) in [5, 5.41) is 0. The maximum atomic E-state index is 12.7. The number of carbonyl (C=O) groups is 2. The molecule has 0 spiro atoms. The molecule has 2 fully saturated rings. The molecule has 0 N–H and O–H groups in total. The van der Waals surface area contributed by atoms with Crippen LogP contribution < -0.4 is 0 Å². The van der Waals surface area contributed by atoms with Crippen LogP contribution in [0.5, 0.6) is 0 Å². The molecule has 7 heteroatoms. The molecule has 7 nitrogen and oxygen atoms in total. The van der Waals surface area contributed by atoms with E-state index in [1.165, 1.54) is 0 Å². The second kappa shape index (κ2) is 5.57. The van der Waals surface area contributed by atoms with Crippen molar-refractivity contribution in [3.63, 3.8) is 0 Å². The second-order valence-electron chi connectivity index (χ2n) is 8.29. The Bertz CT molecular complexity index is 573. The minimum absolute atomic E-state index is 0.104. The van der Waals surface area contributed by atoms with E-state index in [4.69, 9.17) is 4.74 Å². The lowest BCUT2D eigenvalue weighted by Gasteiger charge is -2.45. The molecule has 0 aromatic carbocycles. The Labute approximate surface area is 143 Å². The van der Waals surface area contributed by atoms with Crippen LogP contribution in [0, 0.1) is 0 Å². The van der Waals surface area contributed by atoms with Gasteiger partial charge in [0, 0.05) is 31.9 Å². The predicted octanol–water partition coefficient (Wildman–Crippen LogP) is 1.62. The number of fused-ring (bicyclic) bond motifs is 1. The normalized spacial score (nSPS) is 23.5. The zero-order valence-corrected chi connectivity index (χ0v) is 15.3. The molecular weight excluding hydrogens is 308 g/mol. The molecule has 24 heavy (non-hydrogen) atoms. The van der Waals surface area contributed by atoms with Gasteiger partial charge in [-0.3, -0.25) is 4.79 Å². The second-order valence-corrected chi connectivity index (χ2v) is 8.29. The fraction of sp³-hybridized carbons (Fsp3) is 0.765. The molecular formula is C17H28N4O3. The first-order valence-corrected chi connectivity index (χ1v) is 8.56. The summed E-state index contributed by atoms with van der Waals surface area (Å²) in [6.45, 7) is 10.4. The summed E-state index contributed by atoms with van der Waals surface area (Å²) in [5.74, 6) is 0.104. The summed E-state index contributed by atoms with van der Waals surface area (Å²) in [6, 6.07) is 0. The number of rotatable bonds is 1. The monoisotopic (exact) mass is 336 g/mol. The average molecular weight is 336 g/mol. The third kappa shape index (κ3) is 3.03. The molecule has 3 aliphatic heterocycles. The van der Waals surface area contributed by atoms with E-state index in [1.54, 1.807) is 4.90 Å². The number of hydrogen-bond donors (Lipinski definition) is 0. The highest BCUT2D eigenvalue weighted by atomic mass is 16.6. The van der Waals surface area contributed by atoms with E-state index < -0.39 is 5.60 Å². The first-order valence-electron chi connectivity index (χ1n) is 8.56. The molecule has 0 atom stereocenters. The number of likely N-dealkylation sites (tertiary alicyclic amines) is 1. The van der Waals surface area contributed by atoms with Crippen LogP contribution in [0.1, 0.15) is 40.5 Å². The van der Waals surface area contributed by atoms with Crippen LogP contribution in [0.4, 0.5) is 4.79 Å². The molecule has 3 aliphatic rings. The molecule has 2 saturated heterocycles. The van der Waals surface area contributed by atoms with Crippen LogP contribution in [-0.2, 0) is 9.53 Å². The van der Waals surface area contributed by atoms with E-state index in [0.717, 1.165) is 25.2 Å². The number of amides is 2. The van der Waals surface area contributed by atoms with Crippen LogP contribution in [0.3, 0.4) is 0 Å². The molecule has 0 unspecified atom stereocenters. The van der Waals surface area contributed by atoms with E-state index in [1.807, 2.05) is 43.8 Å². The molecule has 3 rings (SSSR count). The van der Waals surface area contributed by atoms with Gasteiger partial charge in [-0.05, 0) is 40.5 Å². The molecule has 134 valence electrons. The molecule has 3 heterocycles. The largest absolute Gasteiger partial charge is 0.444 e. The Hall–Kier alpha value is -1.92. The van der Waals surface area contributed by atoms with Crippen molar-refractivity contribution in [1.82, 2.24) is 19.6 Å². The molecule has 0 aromatic rings. The Morgan fingerprint density at radius 2 is 1.83 bits per heavy atom. The smallest absolute Gasteiger partial charge is 0.410 e. The fourth-order valence-corrected chi connectivity index (χ4v) is 3.54. The van der Waals surface area contributed by atoms with Crippen molar-refractivity contribution in [3.8, 4) is 0 Å². The predicted molar refractivity (Wildman–Crippen MR) is 89.7 cm³/mol. The van der Waals surface area contributed by atoms with Crippen LogP contribution in [-0.4, -0.2) is 76.2 Å². The van der Waals surface area contributed by atoms with E-state index in [0.29, 0.717) is 19.8 Å². The number of carbonyl (C=O) groups excluding carboxylic acids is 2. The highest BCUT2D eigenvalue weighted by Gasteiger charge is 2.47. The van der Waals surface area contributed by atoms with Crippen molar-refractivity contribution in [2.24, 2.45) is 0 Å². The Morgan fingerprint density at radius 3 is 2.38 bits per heavy atom. The summed E-state index contributed by atoms with van der Waals surface area (Å²) >= 11 is 0. The summed E-state index contributed by atoms with van der Waals surface area (Å²) in [4.78, 5) is 32.8. The lowest BCUT2D eigenvalue weighted by atomic mass is 9.88. The van der Waals surface area contributed by atoms with Crippen molar-refractivity contribution in [1.29, 1.82) is 0 Å². The topological polar surface area (TPSA) is 56.3 Å². The Balaban J connectivity index is 1.63. The van der Waals surface area contributed by atoms with E-state index >= 15 is 0 Å². The average Bonchev–Trinajstić information content (AvgIpc) is 2.96. The van der Waals surface area contributed by atoms with Crippen molar-refractivity contribution >= 4 is 12.0 Å². The maximum absolute atomic E-state index is 12.7. The maximum Gasteiger partial charge on any atom is 0.410 e. The summed E-state index contributed by atoms with van der Waals surface area (Å²) in [6.07, 6.45) is 3.20. The van der Waals surface area contributed by atoms with Gasteiger partial charge in [0.15, 0.2) is 0 Å². The van der Waals surface area contributed by atoms with Gasteiger partial charge in [-0.25, -0.2) is 4.79 Å². The van der Waals surface area contributed by atoms with Crippen molar-refractivity contribution in [2.45, 2.75) is 51.7 Å². The summed E-state index contributed by atoms with van der Waals surface area (Å²) in [5.41, 5.74) is 0.0963. The van der Waals surface area contributed by atoms with Crippen LogP contribution >= 0.6 is 0 Å². The van der Waals surface area contributed by atoms with E-state index in [-0.39, 0.29) is 17.5 Å². The SMILES string of the molecule is CN1C=C2C(=O)N(C3(C)CCN(C(=O)OC(C)(C)C)CC3)CN2C1. The Kier molecular flexibility index (Phi) is 3.92. The van der Waals surface area contributed by atoms with E-state index in [9.17, 15) is 9.59 Å². The van der Waals surface area contributed by atoms with Gasteiger partial charge in [-0.1, -0.05) is 0 Å². The molecule has 0 radical (unpaired) electrons. The third-order valence-corrected chi connectivity index (χ3v) is 5.00. The van der Waals surface area contributed by atoms with Gasteiger partial charge < -0.3 is 24.3 Å². The zero-order valence-electron chi connectivity index (χ0n) is 15.3. The molecule has 0 aliphatic carbocycles. The van der Waals surface area contributed by atoms with Crippen molar-refractivity contribution < 1.29 is 14.3 Å². The highest BCUT2D eigenvalue weighted by molar-refractivity contribution is 5.95. The van der Waals surface area contributed by atoms with Gasteiger partial charge in [0.1, 0.15) is 11.3 Å². The van der Waals surface area contributed by atoms with Gasteiger partial charge in [0.2, 0.25) is 0 Å². The van der Waals surface area contributed by atoms with E-state index in [2.05, 4.69) is 11.8 Å². The minimum Gasteiger partial charge on any atom is -0.444 e. The molecule has 2 amide bonds.